The number of aromatic hydroxyl groups is 2. The van der Waals surface area contributed by atoms with Crippen LogP contribution in [0.2, 0.25) is 0 Å². The number of carboxylic acid groups (broad SMARTS) is 2. The van der Waals surface area contributed by atoms with E-state index in [1.807, 2.05) is 0 Å². The van der Waals surface area contributed by atoms with Gasteiger partial charge in [0, 0.05) is 16.4 Å². The summed E-state index contributed by atoms with van der Waals surface area (Å²) in [5.41, 5.74) is -1.32. The van der Waals surface area contributed by atoms with E-state index < -0.39 is 45.7 Å². The summed E-state index contributed by atoms with van der Waals surface area (Å²) in [6.45, 7) is 4.66. The van der Waals surface area contributed by atoms with Gasteiger partial charge in [0.1, 0.15) is 22.6 Å². The van der Waals surface area contributed by atoms with Gasteiger partial charge in [0.25, 0.3) is 0 Å². The Labute approximate surface area is 121 Å². The number of rotatable bonds is 4. The summed E-state index contributed by atoms with van der Waals surface area (Å²) in [4.78, 5) is 22.6. The predicted molar refractivity (Wildman–Crippen MR) is 75.2 cm³/mol. The fraction of sp³-hybridized carbons (Fsp3) is 0.385. The molecule has 1 rings (SSSR count). The van der Waals surface area contributed by atoms with Crippen molar-refractivity contribution in [3.63, 3.8) is 0 Å². The lowest BCUT2D eigenvalue weighted by Gasteiger charge is -2.21. The number of carboxylic acids is 2. The van der Waals surface area contributed by atoms with E-state index in [-0.39, 0.29) is 11.1 Å². The first-order chi connectivity index (χ1) is 9.11. The normalized spacial score (nSPS) is 12.4. The Bertz CT molecular complexity index is 525. The number of phenols is 2. The second-order valence-corrected chi connectivity index (χ2v) is 5.49. The molecule has 0 spiro atoms. The van der Waals surface area contributed by atoms with Crippen molar-refractivity contribution in [1.29, 1.82) is 0 Å². The third-order valence-corrected chi connectivity index (χ3v) is 3.20. The van der Waals surface area contributed by atoms with Crippen molar-refractivity contribution in [2.45, 2.75) is 31.9 Å². The summed E-state index contributed by atoms with van der Waals surface area (Å²) in [5, 5.41) is 37.9. The molecule has 6 nitrogen and oxygen atoms in total. The Morgan fingerprint density at radius 3 is 1.55 bits per heavy atom. The van der Waals surface area contributed by atoms with E-state index >= 15 is 0 Å². The Morgan fingerprint density at radius 1 is 0.900 bits per heavy atom. The van der Waals surface area contributed by atoms with Crippen molar-refractivity contribution in [2.75, 3.05) is 0 Å². The van der Waals surface area contributed by atoms with Crippen molar-refractivity contribution in [1.82, 2.24) is 0 Å². The number of aromatic carboxylic acids is 2. The van der Waals surface area contributed by atoms with E-state index in [4.69, 9.17) is 0 Å². The van der Waals surface area contributed by atoms with Gasteiger partial charge in [-0.25, -0.2) is 9.59 Å². The minimum absolute atomic E-state index is 0.106. The van der Waals surface area contributed by atoms with Gasteiger partial charge in [0.05, 0.1) is 0 Å². The van der Waals surface area contributed by atoms with Gasteiger partial charge in [-0.2, -0.15) is 12.6 Å². The maximum absolute atomic E-state index is 11.3. The first-order valence-corrected chi connectivity index (χ1v) is 6.39. The number of hydrogen-bond acceptors (Lipinski definition) is 5. The molecule has 1 atom stereocenters. The van der Waals surface area contributed by atoms with E-state index in [0.29, 0.717) is 0 Å². The minimum Gasteiger partial charge on any atom is -0.507 e. The molecule has 0 saturated carbocycles. The molecule has 0 aliphatic heterocycles. The van der Waals surface area contributed by atoms with E-state index in [1.54, 1.807) is 13.8 Å². The van der Waals surface area contributed by atoms with Crippen LogP contribution in [0.5, 0.6) is 11.5 Å². The fourth-order valence-corrected chi connectivity index (χ4v) is 2.41. The fourth-order valence-electron chi connectivity index (χ4n) is 2.16. The average molecular weight is 300 g/mol. The van der Waals surface area contributed by atoms with Crippen molar-refractivity contribution in [3.05, 3.63) is 22.3 Å². The van der Waals surface area contributed by atoms with Crippen LogP contribution in [0.25, 0.3) is 0 Å². The van der Waals surface area contributed by atoms with Crippen molar-refractivity contribution in [2.24, 2.45) is 0 Å². The first-order valence-electron chi connectivity index (χ1n) is 5.87. The van der Waals surface area contributed by atoms with Gasteiger partial charge in [0.2, 0.25) is 0 Å². The van der Waals surface area contributed by atoms with Gasteiger partial charge < -0.3 is 20.4 Å². The van der Waals surface area contributed by atoms with Crippen LogP contribution in [0.4, 0.5) is 0 Å². The zero-order valence-corrected chi connectivity index (χ0v) is 12.1. The van der Waals surface area contributed by atoms with Crippen molar-refractivity contribution < 1.29 is 30.0 Å². The van der Waals surface area contributed by atoms with Crippen LogP contribution < -0.4 is 0 Å². The summed E-state index contributed by atoms with van der Waals surface area (Å²) >= 11 is 4.04. The van der Waals surface area contributed by atoms with Gasteiger partial charge in [-0.15, -0.1) is 0 Å². The first kappa shape index (κ1) is 16.2. The lowest BCUT2D eigenvalue weighted by atomic mass is 9.88. The number of carbonyl (C=O) groups is 2. The molecule has 4 N–H and O–H groups in total. The number of hydrogen-bond donors (Lipinski definition) is 5. The van der Waals surface area contributed by atoms with Crippen LogP contribution >= 0.6 is 12.6 Å². The second kappa shape index (κ2) is 5.62. The Balaban J connectivity index is 4.00. The zero-order chi connectivity index (χ0) is 15.8. The van der Waals surface area contributed by atoms with E-state index in [1.165, 1.54) is 6.92 Å². The van der Waals surface area contributed by atoms with Crippen molar-refractivity contribution in [3.8, 4) is 11.5 Å². The Morgan fingerprint density at radius 2 is 1.25 bits per heavy atom. The summed E-state index contributed by atoms with van der Waals surface area (Å²) < 4.78 is 0. The highest BCUT2D eigenvalue weighted by molar-refractivity contribution is 7.80. The molecule has 0 radical (unpaired) electrons. The lowest BCUT2D eigenvalue weighted by Crippen LogP contribution is -2.13. The highest BCUT2D eigenvalue weighted by atomic mass is 32.1. The van der Waals surface area contributed by atoms with Gasteiger partial charge >= 0.3 is 11.9 Å². The highest BCUT2D eigenvalue weighted by Gasteiger charge is 2.32. The molecule has 20 heavy (non-hydrogen) atoms. The topological polar surface area (TPSA) is 115 Å². The standard InChI is InChI=1S/C13H16O6S/c1-4(2)6-8(12(16)17)11(15)7(5(3)20)9(10(6)14)13(18)19/h4-5,14-15,20H,1-3H3,(H,16,17)(H,18,19). The molecular weight excluding hydrogens is 284 g/mol. The quantitative estimate of drug-likeness (QED) is 0.431. The molecule has 0 fully saturated rings. The Kier molecular flexibility index (Phi) is 4.54. The summed E-state index contributed by atoms with van der Waals surface area (Å²) in [6.07, 6.45) is 0. The van der Waals surface area contributed by atoms with Gasteiger partial charge in [-0.1, -0.05) is 13.8 Å². The molecule has 0 bridgehead atoms. The van der Waals surface area contributed by atoms with Crippen LogP contribution in [0, 0.1) is 0 Å². The number of thiol groups is 1. The van der Waals surface area contributed by atoms with E-state index in [0.717, 1.165) is 0 Å². The van der Waals surface area contributed by atoms with Crippen molar-refractivity contribution >= 4 is 24.6 Å². The predicted octanol–water partition coefficient (Wildman–Crippen LogP) is 2.61. The monoisotopic (exact) mass is 300 g/mol. The van der Waals surface area contributed by atoms with Gasteiger partial charge in [0.15, 0.2) is 0 Å². The third kappa shape index (κ3) is 2.53. The van der Waals surface area contributed by atoms with Crippen LogP contribution in [0.15, 0.2) is 0 Å². The zero-order valence-electron chi connectivity index (χ0n) is 11.2. The molecule has 0 amide bonds. The molecule has 0 aromatic heterocycles. The molecule has 110 valence electrons. The Hall–Kier alpha value is -1.89. The molecule has 0 heterocycles. The molecule has 7 heteroatoms. The molecule has 0 saturated heterocycles. The maximum atomic E-state index is 11.3. The molecule has 1 aromatic rings. The summed E-state index contributed by atoms with van der Waals surface area (Å²) in [7, 11) is 0. The van der Waals surface area contributed by atoms with E-state index in [2.05, 4.69) is 12.6 Å². The molecule has 1 unspecified atom stereocenters. The largest absolute Gasteiger partial charge is 0.507 e. The summed E-state index contributed by atoms with van der Waals surface area (Å²) in [5.74, 6) is -4.67. The SMILES string of the molecule is CC(C)c1c(O)c(C(=O)O)c(C(C)S)c(O)c1C(=O)O. The average Bonchev–Trinajstić information content (AvgIpc) is 2.28. The van der Waals surface area contributed by atoms with Crippen LogP contribution in [-0.4, -0.2) is 32.4 Å². The second-order valence-electron chi connectivity index (χ2n) is 4.72. The van der Waals surface area contributed by atoms with Crippen LogP contribution in [0.1, 0.15) is 63.8 Å². The smallest absolute Gasteiger partial charge is 0.339 e. The van der Waals surface area contributed by atoms with Crippen LogP contribution in [-0.2, 0) is 0 Å². The van der Waals surface area contributed by atoms with E-state index in [9.17, 15) is 30.0 Å². The third-order valence-electron chi connectivity index (χ3n) is 2.95. The molecule has 1 aromatic carbocycles. The molecule has 0 aliphatic rings. The minimum atomic E-state index is -1.45. The molecular formula is C13H16O6S. The van der Waals surface area contributed by atoms with Gasteiger partial charge in [-0.3, -0.25) is 0 Å². The highest BCUT2D eigenvalue weighted by Crippen LogP contribution is 2.44. The summed E-state index contributed by atoms with van der Waals surface area (Å²) in [6, 6.07) is 0. The number of benzene rings is 1. The maximum Gasteiger partial charge on any atom is 0.339 e. The lowest BCUT2D eigenvalue weighted by molar-refractivity contribution is 0.0672. The molecule has 0 aliphatic carbocycles. The van der Waals surface area contributed by atoms with Crippen LogP contribution in [0.3, 0.4) is 0 Å². The van der Waals surface area contributed by atoms with Gasteiger partial charge in [-0.05, 0) is 12.8 Å².